The highest BCUT2D eigenvalue weighted by Crippen LogP contribution is 2.28. The number of ketones is 1. The molecule has 0 unspecified atom stereocenters. The second-order valence-corrected chi connectivity index (χ2v) is 8.25. The fourth-order valence-corrected chi connectivity index (χ4v) is 4.10. The third-order valence-electron chi connectivity index (χ3n) is 5.59. The van der Waals surface area contributed by atoms with Crippen LogP contribution >= 0.6 is 11.6 Å². The summed E-state index contributed by atoms with van der Waals surface area (Å²) in [6.07, 6.45) is 2.52. The zero-order valence-corrected chi connectivity index (χ0v) is 18.2. The first-order valence-corrected chi connectivity index (χ1v) is 10.9. The molecule has 4 rings (SSSR count). The predicted octanol–water partition coefficient (Wildman–Crippen LogP) is 4.98. The average Bonchev–Trinajstić information content (AvgIpc) is 3.44. The highest BCUT2D eigenvalue weighted by molar-refractivity contribution is 6.30. The number of nitrogens with one attached hydrogen (secondary N) is 1. The fraction of sp³-hybridized carbons (Fsp3) is 0.280. The second-order valence-electron chi connectivity index (χ2n) is 7.82. The first-order chi connectivity index (χ1) is 15.0. The minimum Gasteiger partial charge on any atom is -0.460 e. The zero-order chi connectivity index (χ0) is 21.8. The number of Topliss-reactive ketones (excluding diaryl/α,β-unsaturated/α-hetero) is 1. The number of likely N-dealkylation sites (tertiary alicyclic amines) is 1. The molecule has 0 atom stereocenters. The summed E-state index contributed by atoms with van der Waals surface area (Å²) in [6.45, 7) is 3.18. The van der Waals surface area contributed by atoms with Crippen LogP contribution in [0.2, 0.25) is 5.02 Å². The largest absolute Gasteiger partial charge is 0.460 e. The first kappa shape index (κ1) is 21.3. The smallest absolute Gasteiger partial charge is 0.254 e. The van der Waals surface area contributed by atoms with Crippen molar-refractivity contribution in [3.63, 3.8) is 0 Å². The number of amides is 1. The van der Waals surface area contributed by atoms with Gasteiger partial charge in [0.1, 0.15) is 11.5 Å². The fourth-order valence-electron chi connectivity index (χ4n) is 3.91. The van der Waals surface area contributed by atoms with Gasteiger partial charge < -0.3 is 9.73 Å². The Hall–Kier alpha value is -2.89. The molecule has 6 heteroatoms. The zero-order valence-electron chi connectivity index (χ0n) is 17.5. The maximum Gasteiger partial charge on any atom is 0.254 e. The summed E-state index contributed by atoms with van der Waals surface area (Å²) in [5.41, 5.74) is 2.92. The van der Waals surface area contributed by atoms with E-state index in [2.05, 4.69) is 10.2 Å². The molecule has 1 amide bonds. The Morgan fingerprint density at radius 1 is 1.06 bits per heavy atom. The number of carbonyl (C=O) groups is 2. The highest BCUT2D eigenvalue weighted by atomic mass is 35.5. The Morgan fingerprint density at radius 3 is 2.48 bits per heavy atom. The van der Waals surface area contributed by atoms with Gasteiger partial charge in [0, 0.05) is 29.7 Å². The topological polar surface area (TPSA) is 62.6 Å². The lowest BCUT2D eigenvalue weighted by atomic mass is 10.0. The Bertz CT molecular complexity index is 1080. The summed E-state index contributed by atoms with van der Waals surface area (Å²) >= 11 is 6.08. The average molecular weight is 437 g/mol. The molecule has 1 aliphatic heterocycles. The van der Waals surface area contributed by atoms with Gasteiger partial charge in [-0.3, -0.25) is 14.5 Å². The van der Waals surface area contributed by atoms with Gasteiger partial charge in [0.05, 0.1) is 12.0 Å². The van der Waals surface area contributed by atoms with Crippen molar-refractivity contribution in [2.75, 3.05) is 20.1 Å². The quantitative estimate of drug-likeness (QED) is 0.530. The maximum absolute atomic E-state index is 12.9. The molecule has 5 nitrogen and oxygen atoms in total. The molecule has 0 bridgehead atoms. The van der Waals surface area contributed by atoms with Crippen LogP contribution in [-0.2, 0) is 13.0 Å². The van der Waals surface area contributed by atoms with Crippen LogP contribution in [-0.4, -0.2) is 36.7 Å². The molecule has 0 radical (unpaired) electrons. The van der Waals surface area contributed by atoms with E-state index in [-0.39, 0.29) is 18.1 Å². The van der Waals surface area contributed by atoms with Crippen LogP contribution in [0.25, 0.3) is 11.3 Å². The van der Waals surface area contributed by atoms with E-state index in [1.54, 1.807) is 25.2 Å². The Labute approximate surface area is 187 Å². The van der Waals surface area contributed by atoms with Gasteiger partial charge in [-0.2, -0.15) is 0 Å². The number of furan rings is 1. The van der Waals surface area contributed by atoms with Crippen LogP contribution in [0.1, 0.15) is 44.9 Å². The summed E-state index contributed by atoms with van der Waals surface area (Å²) in [5, 5.41) is 3.18. The highest BCUT2D eigenvalue weighted by Gasteiger charge is 2.21. The van der Waals surface area contributed by atoms with E-state index in [0.29, 0.717) is 27.7 Å². The minimum atomic E-state index is -0.291. The number of halogens is 1. The van der Waals surface area contributed by atoms with Gasteiger partial charge in [-0.25, -0.2) is 0 Å². The van der Waals surface area contributed by atoms with Crippen LogP contribution in [0.3, 0.4) is 0 Å². The molecule has 160 valence electrons. The van der Waals surface area contributed by atoms with Crippen molar-refractivity contribution in [1.82, 2.24) is 10.2 Å². The molecule has 1 aliphatic rings. The van der Waals surface area contributed by atoms with Crippen LogP contribution in [0.5, 0.6) is 0 Å². The predicted molar refractivity (Wildman–Crippen MR) is 122 cm³/mol. The van der Waals surface area contributed by atoms with Crippen LogP contribution in [0.15, 0.2) is 59.0 Å². The summed E-state index contributed by atoms with van der Waals surface area (Å²) in [7, 11) is 1.55. The second kappa shape index (κ2) is 9.50. The third kappa shape index (κ3) is 5.06. The third-order valence-corrected chi connectivity index (χ3v) is 5.83. The van der Waals surface area contributed by atoms with Crippen molar-refractivity contribution >= 4 is 23.3 Å². The number of carbonyl (C=O) groups excluding carboxylic acids is 2. The molecule has 0 spiro atoms. The normalized spacial score (nSPS) is 14.0. The van der Waals surface area contributed by atoms with E-state index in [4.69, 9.17) is 16.0 Å². The monoisotopic (exact) mass is 436 g/mol. The van der Waals surface area contributed by atoms with Gasteiger partial charge >= 0.3 is 0 Å². The van der Waals surface area contributed by atoms with Crippen LogP contribution in [0, 0.1) is 0 Å². The lowest BCUT2D eigenvalue weighted by Gasteiger charge is -2.14. The lowest BCUT2D eigenvalue weighted by molar-refractivity contribution is 0.0960. The molecule has 2 aromatic carbocycles. The van der Waals surface area contributed by atoms with E-state index in [0.717, 1.165) is 25.2 Å². The van der Waals surface area contributed by atoms with E-state index < -0.39 is 0 Å². The Balaban J connectivity index is 1.53. The van der Waals surface area contributed by atoms with Crippen molar-refractivity contribution in [2.24, 2.45) is 0 Å². The molecule has 31 heavy (non-hydrogen) atoms. The van der Waals surface area contributed by atoms with Gasteiger partial charge in [-0.05, 0) is 49.7 Å². The molecular formula is C25H25ClN2O3. The van der Waals surface area contributed by atoms with E-state index in [1.807, 2.05) is 36.4 Å². The number of hydrogen-bond acceptors (Lipinski definition) is 4. The van der Waals surface area contributed by atoms with Gasteiger partial charge in [-0.15, -0.1) is 0 Å². The Kier molecular flexibility index (Phi) is 6.54. The molecule has 1 N–H and O–H groups in total. The number of rotatable bonds is 7. The van der Waals surface area contributed by atoms with Gasteiger partial charge in [-0.1, -0.05) is 48.0 Å². The molecule has 0 saturated carbocycles. The Morgan fingerprint density at radius 2 is 1.81 bits per heavy atom. The van der Waals surface area contributed by atoms with E-state index in [9.17, 15) is 9.59 Å². The van der Waals surface area contributed by atoms with Crippen molar-refractivity contribution in [3.8, 4) is 11.3 Å². The van der Waals surface area contributed by atoms with Crippen molar-refractivity contribution < 1.29 is 14.0 Å². The van der Waals surface area contributed by atoms with Gasteiger partial charge in [0.25, 0.3) is 5.91 Å². The summed E-state index contributed by atoms with van der Waals surface area (Å²) in [5.74, 6) is 0.469. The van der Waals surface area contributed by atoms with Crippen LogP contribution < -0.4 is 5.32 Å². The standard InChI is InChI=1S/C25H25ClN2O3/c1-27-25(30)21-14-23(19-5-4-6-20(26)13-19)31-24(21)15-22(29)18-9-7-17(8-10-18)16-28-11-2-3-12-28/h4-10,13-14H,2-3,11-12,15-16H2,1H3,(H,27,30). The minimum absolute atomic E-state index is 0.00872. The molecule has 3 aromatic rings. The first-order valence-electron chi connectivity index (χ1n) is 10.5. The SMILES string of the molecule is CNC(=O)c1cc(-c2cccc(Cl)c2)oc1CC(=O)c1ccc(CN2CCCC2)cc1. The van der Waals surface area contributed by atoms with E-state index >= 15 is 0 Å². The maximum atomic E-state index is 12.9. The van der Waals surface area contributed by atoms with E-state index in [1.165, 1.54) is 18.4 Å². The molecule has 1 aromatic heterocycles. The van der Waals surface area contributed by atoms with Crippen molar-refractivity contribution in [3.05, 3.63) is 82.1 Å². The number of hydrogen-bond donors (Lipinski definition) is 1. The molecule has 1 fully saturated rings. The molecule has 1 saturated heterocycles. The molecule has 0 aliphatic carbocycles. The summed E-state index contributed by atoms with van der Waals surface area (Å²) < 4.78 is 5.94. The van der Waals surface area contributed by atoms with Gasteiger partial charge in [0.15, 0.2) is 5.78 Å². The van der Waals surface area contributed by atoms with Crippen molar-refractivity contribution in [1.29, 1.82) is 0 Å². The van der Waals surface area contributed by atoms with Crippen LogP contribution in [0.4, 0.5) is 0 Å². The molecule has 2 heterocycles. The van der Waals surface area contributed by atoms with Crippen molar-refractivity contribution in [2.45, 2.75) is 25.8 Å². The summed E-state index contributed by atoms with van der Waals surface area (Å²) in [6, 6.07) is 16.6. The summed E-state index contributed by atoms with van der Waals surface area (Å²) in [4.78, 5) is 27.7. The lowest BCUT2D eigenvalue weighted by Crippen LogP contribution is -2.19. The molecular weight excluding hydrogens is 412 g/mol. The van der Waals surface area contributed by atoms with Gasteiger partial charge in [0.2, 0.25) is 0 Å². The number of nitrogens with zero attached hydrogens (tertiary/aromatic N) is 1. The number of benzene rings is 2.